The van der Waals surface area contributed by atoms with Crippen molar-refractivity contribution in [1.82, 2.24) is 0 Å². The maximum absolute atomic E-state index is 11.7. The van der Waals surface area contributed by atoms with Gasteiger partial charge in [-0.15, -0.1) is 0 Å². The van der Waals surface area contributed by atoms with Gasteiger partial charge in [-0.2, -0.15) is 14.0 Å². The zero-order valence-corrected chi connectivity index (χ0v) is 19.7. The number of rotatable bonds is 6. The third kappa shape index (κ3) is 3.83. The summed E-state index contributed by atoms with van der Waals surface area (Å²) in [6, 6.07) is 7.16. The summed E-state index contributed by atoms with van der Waals surface area (Å²) in [6.45, 7) is 3.75. The molecule has 3 aromatic rings. The first-order valence-electron chi connectivity index (χ1n) is 9.89. The lowest BCUT2D eigenvalue weighted by Crippen LogP contribution is -2.63. The highest BCUT2D eigenvalue weighted by Crippen LogP contribution is 2.58. The molecule has 33 heavy (non-hydrogen) atoms. The van der Waals surface area contributed by atoms with E-state index in [1.54, 1.807) is 26.4 Å². The Kier molecular flexibility index (Phi) is 5.83. The number of halogens is 1. The SMILES string of the molecule is COc1cc2c(c(O[Cl+3]([O-])([O-])[O-])c1OC)-c1c(cc(OC)c3c(OC)cc(C)cc13)C(C)O2. The van der Waals surface area contributed by atoms with Crippen molar-refractivity contribution < 1.29 is 52.2 Å². The molecule has 3 aromatic carbocycles. The molecule has 0 fully saturated rings. The average Bonchev–Trinajstić information content (AvgIpc) is 2.76. The lowest BCUT2D eigenvalue weighted by Gasteiger charge is -2.30. The Morgan fingerprint density at radius 3 is 2.00 bits per heavy atom. The molecule has 4 rings (SSSR count). The van der Waals surface area contributed by atoms with Crippen LogP contribution in [0.3, 0.4) is 0 Å². The second-order valence-corrected chi connectivity index (χ2v) is 8.37. The van der Waals surface area contributed by atoms with Crippen molar-refractivity contribution in [2.75, 3.05) is 28.4 Å². The molecule has 1 unspecified atom stereocenters. The van der Waals surface area contributed by atoms with Gasteiger partial charge in [0, 0.05) is 17.2 Å². The molecule has 0 aromatic heterocycles. The third-order valence-corrected chi connectivity index (χ3v) is 5.87. The van der Waals surface area contributed by atoms with Crippen molar-refractivity contribution in [3.63, 3.8) is 0 Å². The van der Waals surface area contributed by atoms with Crippen LogP contribution in [0.4, 0.5) is 0 Å². The Morgan fingerprint density at radius 2 is 1.42 bits per heavy atom. The molecule has 9 nitrogen and oxygen atoms in total. The summed E-state index contributed by atoms with van der Waals surface area (Å²) in [5.74, 6) is 1.15. The molecule has 176 valence electrons. The fourth-order valence-corrected chi connectivity index (χ4v) is 4.59. The van der Waals surface area contributed by atoms with Gasteiger partial charge in [0.1, 0.15) is 33.6 Å². The number of hydrogen-bond acceptors (Lipinski definition) is 9. The van der Waals surface area contributed by atoms with Crippen LogP contribution in [0.1, 0.15) is 24.2 Å². The van der Waals surface area contributed by atoms with Gasteiger partial charge in [-0.05, 0) is 36.9 Å². The van der Waals surface area contributed by atoms with Gasteiger partial charge < -0.3 is 23.7 Å². The molecule has 1 heterocycles. The minimum atomic E-state index is -4.85. The summed E-state index contributed by atoms with van der Waals surface area (Å²) < 4.78 is 68.0. The van der Waals surface area contributed by atoms with E-state index in [0.29, 0.717) is 33.4 Å². The van der Waals surface area contributed by atoms with Crippen molar-refractivity contribution in [1.29, 1.82) is 0 Å². The number of methoxy groups -OCH3 is 4. The topological polar surface area (TPSA) is 125 Å². The van der Waals surface area contributed by atoms with Gasteiger partial charge in [0.25, 0.3) is 0 Å². The highest BCUT2D eigenvalue weighted by molar-refractivity contribution is 6.08. The lowest BCUT2D eigenvalue weighted by atomic mass is 9.86. The minimum absolute atomic E-state index is 0.0594. The van der Waals surface area contributed by atoms with Gasteiger partial charge in [-0.1, -0.05) is 10.4 Å². The predicted octanol–water partition coefficient (Wildman–Crippen LogP) is 1.58. The monoisotopic (exact) mass is 478 g/mol. The fraction of sp³-hybridized carbons (Fsp3) is 0.304. The first-order valence-corrected chi connectivity index (χ1v) is 11.1. The van der Waals surface area contributed by atoms with Gasteiger partial charge in [0.15, 0.2) is 5.75 Å². The highest BCUT2D eigenvalue weighted by Gasteiger charge is 2.39. The van der Waals surface area contributed by atoms with E-state index in [1.807, 2.05) is 26.0 Å². The molecule has 0 radical (unpaired) electrons. The zero-order chi connectivity index (χ0) is 24.1. The molecule has 1 atom stereocenters. The largest absolute Gasteiger partial charge is 0.496 e. The molecule has 0 saturated carbocycles. The molecule has 1 aliphatic rings. The van der Waals surface area contributed by atoms with Gasteiger partial charge in [-0.3, -0.25) is 0 Å². The molecule has 0 spiro atoms. The minimum Gasteiger partial charge on any atom is -0.496 e. The van der Waals surface area contributed by atoms with Crippen LogP contribution in [0.5, 0.6) is 34.5 Å². The van der Waals surface area contributed by atoms with Crippen molar-refractivity contribution in [2.24, 2.45) is 0 Å². The van der Waals surface area contributed by atoms with Gasteiger partial charge >= 0.3 is 5.75 Å². The fourth-order valence-electron chi connectivity index (χ4n) is 4.26. The summed E-state index contributed by atoms with van der Waals surface area (Å²) >= 11 is 0. The van der Waals surface area contributed by atoms with Gasteiger partial charge in [0.05, 0.1) is 39.4 Å². The van der Waals surface area contributed by atoms with Crippen molar-refractivity contribution >= 4 is 10.8 Å². The maximum Gasteiger partial charge on any atom is 0.345 e. The van der Waals surface area contributed by atoms with E-state index < -0.39 is 16.3 Å². The lowest BCUT2D eigenvalue weighted by molar-refractivity contribution is -1.91. The van der Waals surface area contributed by atoms with E-state index in [-0.39, 0.29) is 28.6 Å². The molecule has 10 heteroatoms. The number of hydrogen-bond donors (Lipinski definition) is 0. The zero-order valence-electron chi connectivity index (χ0n) is 18.9. The van der Waals surface area contributed by atoms with Crippen LogP contribution in [-0.2, 0) is 0 Å². The molecule has 0 amide bonds. The number of ether oxygens (including phenoxy) is 5. The van der Waals surface area contributed by atoms with E-state index in [2.05, 4.69) is 0 Å². The Balaban J connectivity index is 2.22. The van der Waals surface area contributed by atoms with Crippen LogP contribution in [0.15, 0.2) is 24.3 Å². The van der Waals surface area contributed by atoms with Crippen molar-refractivity contribution in [3.8, 4) is 45.6 Å². The molecule has 0 N–H and O–H groups in total. The first-order chi connectivity index (χ1) is 15.6. The van der Waals surface area contributed by atoms with E-state index in [9.17, 15) is 14.0 Å². The van der Waals surface area contributed by atoms with Crippen LogP contribution >= 0.6 is 0 Å². The van der Waals surface area contributed by atoms with Crippen LogP contribution < -0.4 is 42.0 Å². The number of aryl methyl sites for hydroxylation is 1. The van der Waals surface area contributed by atoms with Gasteiger partial charge in [-0.25, -0.2) is 0 Å². The molecular formula is C23H23ClO9. The molecule has 0 bridgehead atoms. The van der Waals surface area contributed by atoms with E-state index in [0.717, 1.165) is 5.56 Å². The molecule has 0 saturated heterocycles. The molecule has 0 aliphatic carbocycles. The number of fused-ring (bicyclic) bond motifs is 5. The Bertz CT molecular complexity index is 1230. The summed E-state index contributed by atoms with van der Waals surface area (Å²) in [6.07, 6.45) is -0.440. The third-order valence-electron chi connectivity index (χ3n) is 5.53. The van der Waals surface area contributed by atoms with Crippen LogP contribution in [0, 0.1) is 17.2 Å². The smallest absolute Gasteiger partial charge is 0.345 e. The quantitative estimate of drug-likeness (QED) is 0.519. The molecular weight excluding hydrogens is 456 g/mol. The maximum atomic E-state index is 11.7. The summed E-state index contributed by atoms with van der Waals surface area (Å²) in [5, 5.41) is 1.38. The predicted molar refractivity (Wildman–Crippen MR) is 110 cm³/mol. The second-order valence-electron chi connectivity index (χ2n) is 7.46. The van der Waals surface area contributed by atoms with Crippen LogP contribution in [0.2, 0.25) is 0 Å². The Hall–Kier alpha value is -3.11. The first kappa shape index (κ1) is 23.1. The number of benzene rings is 3. The van der Waals surface area contributed by atoms with E-state index in [1.165, 1.54) is 14.2 Å². The Labute approximate surface area is 192 Å². The summed E-state index contributed by atoms with van der Waals surface area (Å²) in [5.41, 5.74) is 2.45. The van der Waals surface area contributed by atoms with E-state index >= 15 is 0 Å². The standard InChI is InChI=1S/C23H23ClO9/c1-11-7-14-19-13(9-16(29-4)20(14)15(8-11)28-3)12(2)32-17-10-18(30-5)22(31-6)23(21(17)19)33-24(25,26)27/h7-10,12H,1-6H3. The normalized spacial score (nSPS) is 14.8. The summed E-state index contributed by atoms with van der Waals surface area (Å²) in [4.78, 5) is 0. The van der Waals surface area contributed by atoms with Gasteiger partial charge in [0.2, 0.25) is 5.75 Å². The van der Waals surface area contributed by atoms with Crippen molar-refractivity contribution in [3.05, 3.63) is 35.4 Å². The highest BCUT2D eigenvalue weighted by atomic mass is 35.7. The van der Waals surface area contributed by atoms with Crippen LogP contribution in [0.25, 0.3) is 21.9 Å². The van der Waals surface area contributed by atoms with Crippen molar-refractivity contribution in [2.45, 2.75) is 20.0 Å². The Morgan fingerprint density at radius 1 is 0.788 bits per heavy atom. The van der Waals surface area contributed by atoms with Crippen LogP contribution in [-0.4, -0.2) is 28.4 Å². The van der Waals surface area contributed by atoms with E-state index in [4.69, 9.17) is 28.0 Å². The average molecular weight is 479 g/mol. The second kappa shape index (κ2) is 8.35. The molecule has 1 aliphatic heterocycles. The summed E-state index contributed by atoms with van der Waals surface area (Å²) in [7, 11) is 0.951.